The molecule has 1 aromatic carbocycles. The molecule has 0 atom stereocenters. The molecule has 0 bridgehead atoms. The van der Waals surface area contributed by atoms with Gasteiger partial charge in [-0.15, -0.1) is 0 Å². The van der Waals surface area contributed by atoms with Crippen LogP contribution in [-0.4, -0.2) is 17.6 Å². The lowest BCUT2D eigenvalue weighted by atomic mass is 9.86. The minimum atomic E-state index is 0.420. The molecule has 1 fully saturated rings. The largest absolute Gasteiger partial charge is 0.445 e. The van der Waals surface area contributed by atoms with Gasteiger partial charge >= 0.3 is 0 Å². The van der Waals surface area contributed by atoms with Crippen LogP contribution in [0.3, 0.4) is 0 Å². The average Bonchev–Trinajstić information content (AvgIpc) is 3.02. The summed E-state index contributed by atoms with van der Waals surface area (Å²) in [6, 6.07) is 6.70. The molecular weight excluding hydrogens is 262 g/mol. The van der Waals surface area contributed by atoms with Crippen molar-refractivity contribution in [3.05, 3.63) is 36.2 Å². The molecule has 21 heavy (non-hydrogen) atoms. The van der Waals surface area contributed by atoms with Gasteiger partial charge in [0.2, 0.25) is 5.89 Å². The number of nitrogens with one attached hydrogen (secondary N) is 1. The lowest BCUT2D eigenvalue weighted by molar-refractivity contribution is 0.339. The Balaban J connectivity index is 1.61. The summed E-state index contributed by atoms with van der Waals surface area (Å²) in [6.45, 7) is 3.15. The molecule has 0 radical (unpaired) electrons. The van der Waals surface area contributed by atoms with Crippen LogP contribution in [0.15, 0.2) is 35.1 Å². The molecule has 0 unspecified atom stereocenters. The maximum Gasteiger partial charge on any atom is 0.225 e. The molecule has 1 aromatic heterocycles. The summed E-state index contributed by atoms with van der Waals surface area (Å²) in [4.78, 5) is 4.18. The molecular formula is C17H23N3O. The molecule has 0 saturated heterocycles. The van der Waals surface area contributed by atoms with Crippen molar-refractivity contribution < 1.29 is 4.42 Å². The van der Waals surface area contributed by atoms with Crippen molar-refractivity contribution in [1.29, 1.82) is 0 Å². The van der Waals surface area contributed by atoms with Gasteiger partial charge in [-0.3, -0.25) is 0 Å². The Morgan fingerprint density at radius 2 is 2.10 bits per heavy atom. The second kappa shape index (κ2) is 6.31. The first-order valence-electron chi connectivity index (χ1n) is 7.72. The van der Waals surface area contributed by atoms with Gasteiger partial charge in [0.15, 0.2) is 0 Å². The van der Waals surface area contributed by atoms with Crippen molar-refractivity contribution in [1.82, 2.24) is 4.98 Å². The van der Waals surface area contributed by atoms with E-state index in [1.54, 1.807) is 12.5 Å². The van der Waals surface area contributed by atoms with Gasteiger partial charge in [-0.25, -0.2) is 4.98 Å². The third-order valence-corrected chi connectivity index (χ3v) is 4.38. The van der Waals surface area contributed by atoms with E-state index in [1.165, 1.54) is 24.1 Å². The molecule has 0 aliphatic heterocycles. The lowest BCUT2D eigenvalue weighted by Gasteiger charge is -2.26. The van der Waals surface area contributed by atoms with Crippen molar-refractivity contribution >= 4 is 5.69 Å². The third-order valence-electron chi connectivity index (χ3n) is 4.38. The first-order chi connectivity index (χ1) is 10.2. The highest BCUT2D eigenvalue weighted by molar-refractivity contribution is 5.62. The second-order valence-corrected chi connectivity index (χ2v) is 6.03. The zero-order valence-corrected chi connectivity index (χ0v) is 12.5. The normalized spacial score (nSPS) is 22.2. The van der Waals surface area contributed by atoms with E-state index >= 15 is 0 Å². The quantitative estimate of drug-likeness (QED) is 0.901. The Hall–Kier alpha value is -1.81. The van der Waals surface area contributed by atoms with Crippen molar-refractivity contribution in [2.24, 2.45) is 11.7 Å². The number of aryl methyl sites for hydroxylation is 1. The standard InChI is InChI=1S/C17H23N3O/c1-12-10-14(17-19-8-9-21-17)4-7-16(12)20-11-13-2-5-15(18)6-3-13/h4,7-10,13,15,20H,2-3,5-6,11,18H2,1H3. The molecule has 4 nitrogen and oxygen atoms in total. The molecule has 3 N–H and O–H groups in total. The van der Waals surface area contributed by atoms with E-state index in [0.717, 1.165) is 30.9 Å². The van der Waals surface area contributed by atoms with Gasteiger partial charge in [0, 0.05) is 23.8 Å². The van der Waals surface area contributed by atoms with Crippen LogP contribution < -0.4 is 11.1 Å². The van der Waals surface area contributed by atoms with E-state index in [2.05, 4.69) is 35.4 Å². The van der Waals surface area contributed by atoms with E-state index in [-0.39, 0.29) is 0 Å². The number of aromatic nitrogens is 1. The van der Waals surface area contributed by atoms with Crippen molar-refractivity contribution in [3.63, 3.8) is 0 Å². The van der Waals surface area contributed by atoms with Crippen LogP contribution in [0.1, 0.15) is 31.2 Å². The fourth-order valence-corrected chi connectivity index (χ4v) is 3.01. The van der Waals surface area contributed by atoms with E-state index in [9.17, 15) is 0 Å². The Bertz CT molecular complexity index is 572. The second-order valence-electron chi connectivity index (χ2n) is 6.03. The predicted molar refractivity (Wildman–Crippen MR) is 85.1 cm³/mol. The van der Waals surface area contributed by atoms with Crippen LogP contribution >= 0.6 is 0 Å². The Morgan fingerprint density at radius 3 is 2.76 bits per heavy atom. The van der Waals surface area contributed by atoms with Gasteiger partial charge in [-0.05, 0) is 62.3 Å². The molecule has 4 heteroatoms. The summed E-state index contributed by atoms with van der Waals surface area (Å²) in [6.07, 6.45) is 8.07. The van der Waals surface area contributed by atoms with Crippen molar-refractivity contribution in [3.8, 4) is 11.5 Å². The predicted octanol–water partition coefficient (Wildman–Crippen LogP) is 3.58. The van der Waals surface area contributed by atoms with Gasteiger partial charge in [-0.2, -0.15) is 0 Å². The average molecular weight is 285 g/mol. The van der Waals surface area contributed by atoms with Crippen molar-refractivity contribution in [2.45, 2.75) is 38.6 Å². The molecule has 1 aliphatic rings. The van der Waals surface area contributed by atoms with Gasteiger partial charge in [0.05, 0.1) is 6.20 Å². The van der Waals surface area contributed by atoms with Crippen LogP contribution in [0.25, 0.3) is 11.5 Å². The lowest BCUT2D eigenvalue weighted by Crippen LogP contribution is -2.29. The fourth-order valence-electron chi connectivity index (χ4n) is 3.01. The highest BCUT2D eigenvalue weighted by atomic mass is 16.3. The Kier molecular flexibility index (Phi) is 4.25. The summed E-state index contributed by atoms with van der Waals surface area (Å²) >= 11 is 0. The molecule has 0 spiro atoms. The van der Waals surface area contributed by atoms with Gasteiger partial charge in [0.1, 0.15) is 6.26 Å². The molecule has 1 saturated carbocycles. The van der Waals surface area contributed by atoms with E-state index < -0.39 is 0 Å². The first kappa shape index (κ1) is 14.1. The molecule has 112 valence electrons. The third kappa shape index (κ3) is 3.45. The maximum absolute atomic E-state index is 5.96. The number of oxazole rings is 1. The molecule has 2 aromatic rings. The summed E-state index contributed by atoms with van der Waals surface area (Å²) in [5.74, 6) is 1.42. The molecule has 1 aliphatic carbocycles. The smallest absolute Gasteiger partial charge is 0.225 e. The van der Waals surface area contributed by atoms with Crippen molar-refractivity contribution in [2.75, 3.05) is 11.9 Å². The van der Waals surface area contributed by atoms with E-state index in [1.807, 2.05) is 0 Å². The zero-order chi connectivity index (χ0) is 14.7. The van der Waals surface area contributed by atoms with E-state index in [0.29, 0.717) is 11.9 Å². The maximum atomic E-state index is 5.96. The first-order valence-corrected chi connectivity index (χ1v) is 7.72. The number of benzene rings is 1. The summed E-state index contributed by atoms with van der Waals surface area (Å²) in [5, 5.41) is 3.58. The minimum absolute atomic E-state index is 0.420. The Labute approximate surface area is 125 Å². The fraction of sp³-hybridized carbons (Fsp3) is 0.471. The Morgan fingerprint density at radius 1 is 1.29 bits per heavy atom. The number of rotatable bonds is 4. The van der Waals surface area contributed by atoms with Gasteiger partial charge < -0.3 is 15.5 Å². The number of nitrogens with two attached hydrogens (primary N) is 1. The molecule has 0 amide bonds. The minimum Gasteiger partial charge on any atom is -0.445 e. The van der Waals surface area contributed by atoms with Crippen LogP contribution in [0, 0.1) is 12.8 Å². The highest BCUT2D eigenvalue weighted by Gasteiger charge is 2.18. The topological polar surface area (TPSA) is 64.1 Å². The van der Waals surface area contributed by atoms with E-state index in [4.69, 9.17) is 10.2 Å². The summed E-state index contributed by atoms with van der Waals surface area (Å²) in [7, 11) is 0. The number of hydrogen-bond donors (Lipinski definition) is 2. The summed E-state index contributed by atoms with van der Waals surface area (Å²) < 4.78 is 5.34. The van der Waals surface area contributed by atoms with Gasteiger partial charge in [0.25, 0.3) is 0 Å². The molecule has 1 heterocycles. The van der Waals surface area contributed by atoms with Crippen LogP contribution in [0.5, 0.6) is 0 Å². The number of anilines is 1. The number of nitrogens with zero attached hydrogens (tertiary/aromatic N) is 1. The zero-order valence-electron chi connectivity index (χ0n) is 12.5. The SMILES string of the molecule is Cc1cc(-c2ncco2)ccc1NCC1CCC(N)CC1. The van der Waals surface area contributed by atoms with Crippen LogP contribution in [0.4, 0.5) is 5.69 Å². The molecule has 3 rings (SSSR count). The highest BCUT2D eigenvalue weighted by Crippen LogP contribution is 2.26. The van der Waals surface area contributed by atoms with Crippen LogP contribution in [0.2, 0.25) is 0 Å². The monoisotopic (exact) mass is 285 g/mol. The van der Waals surface area contributed by atoms with Gasteiger partial charge in [-0.1, -0.05) is 0 Å². The van der Waals surface area contributed by atoms with Crippen LogP contribution in [-0.2, 0) is 0 Å². The summed E-state index contributed by atoms with van der Waals surface area (Å²) in [5.41, 5.74) is 9.39. The number of hydrogen-bond acceptors (Lipinski definition) is 4.